The molecule has 0 aromatic rings. The van der Waals surface area contributed by atoms with Crippen molar-refractivity contribution in [3.63, 3.8) is 0 Å². The van der Waals surface area contributed by atoms with Gasteiger partial charge < -0.3 is 10.4 Å². The van der Waals surface area contributed by atoms with E-state index in [0.717, 1.165) is 12.2 Å². The highest BCUT2D eigenvalue weighted by atomic mass is 32.2. The first-order valence-corrected chi connectivity index (χ1v) is 5.24. The molecule has 1 rings (SSSR count). The van der Waals surface area contributed by atoms with Gasteiger partial charge in [-0.05, 0) is 18.6 Å². The van der Waals surface area contributed by atoms with Crippen molar-refractivity contribution in [1.82, 2.24) is 5.32 Å². The number of nitrogens with one attached hydrogen (secondary N) is 1. The van der Waals surface area contributed by atoms with Crippen molar-refractivity contribution in [3.8, 4) is 0 Å². The van der Waals surface area contributed by atoms with E-state index in [9.17, 15) is 9.59 Å². The van der Waals surface area contributed by atoms with Crippen LogP contribution in [-0.2, 0) is 9.59 Å². The number of carbonyl (C=O) groups is 2. The second-order valence-electron chi connectivity index (χ2n) is 3.16. The summed E-state index contributed by atoms with van der Waals surface area (Å²) in [5.74, 6) is 0.0378. The topological polar surface area (TPSA) is 66.4 Å². The van der Waals surface area contributed by atoms with Crippen molar-refractivity contribution in [2.75, 3.05) is 5.75 Å². The van der Waals surface area contributed by atoms with E-state index in [4.69, 9.17) is 5.11 Å². The Morgan fingerprint density at radius 3 is 2.92 bits per heavy atom. The minimum atomic E-state index is -1.05. The molecular formula is C8H13NO3S. The van der Waals surface area contributed by atoms with E-state index in [0.29, 0.717) is 12.8 Å². The molecule has 0 aliphatic carbocycles. The summed E-state index contributed by atoms with van der Waals surface area (Å²) in [5, 5.41) is 11.4. The normalized spacial score (nSPS) is 33.8. The van der Waals surface area contributed by atoms with Crippen molar-refractivity contribution in [3.05, 3.63) is 0 Å². The Hall–Kier alpha value is -0.710. The van der Waals surface area contributed by atoms with Crippen LogP contribution in [-0.4, -0.2) is 34.0 Å². The van der Waals surface area contributed by atoms with E-state index in [1.165, 1.54) is 0 Å². The maximum absolute atomic E-state index is 11.0. The maximum atomic E-state index is 11.0. The van der Waals surface area contributed by atoms with Gasteiger partial charge in [-0.1, -0.05) is 6.92 Å². The molecule has 0 spiro atoms. The lowest BCUT2D eigenvalue weighted by atomic mass is 9.90. The largest absolute Gasteiger partial charge is 0.479 e. The molecule has 0 aromatic heterocycles. The van der Waals surface area contributed by atoms with Gasteiger partial charge in [-0.3, -0.25) is 4.79 Å². The third kappa shape index (κ3) is 1.80. The fraction of sp³-hybridized carbons (Fsp3) is 0.750. The molecule has 0 saturated carbocycles. The highest BCUT2D eigenvalue weighted by Crippen LogP contribution is 2.33. The molecule has 1 aliphatic rings. The smallest absolute Gasteiger partial charge is 0.330 e. The lowest BCUT2D eigenvalue weighted by Crippen LogP contribution is -2.59. The van der Waals surface area contributed by atoms with E-state index in [1.807, 2.05) is 6.92 Å². The molecule has 2 atom stereocenters. The maximum Gasteiger partial charge on any atom is 0.330 e. The van der Waals surface area contributed by atoms with Crippen LogP contribution in [0.25, 0.3) is 0 Å². The molecule has 5 heteroatoms. The Morgan fingerprint density at radius 1 is 1.77 bits per heavy atom. The summed E-state index contributed by atoms with van der Waals surface area (Å²) in [5.41, 5.74) is -1.05. The van der Waals surface area contributed by atoms with Crippen LogP contribution >= 0.6 is 11.8 Å². The van der Waals surface area contributed by atoms with Gasteiger partial charge in [0.1, 0.15) is 5.54 Å². The zero-order valence-corrected chi connectivity index (χ0v) is 8.26. The first-order chi connectivity index (χ1) is 6.13. The number of amides is 1. The van der Waals surface area contributed by atoms with Gasteiger partial charge in [-0.25, -0.2) is 4.79 Å². The summed E-state index contributed by atoms with van der Waals surface area (Å²) in [6, 6.07) is 0. The number of hydrogen-bond donors (Lipinski definition) is 2. The lowest BCUT2D eigenvalue weighted by Gasteiger charge is -2.37. The molecule has 2 unspecified atom stereocenters. The lowest BCUT2D eigenvalue weighted by molar-refractivity contribution is -0.146. The molecular weight excluding hydrogens is 190 g/mol. The molecule has 1 saturated heterocycles. The molecule has 4 nitrogen and oxygen atoms in total. The van der Waals surface area contributed by atoms with Gasteiger partial charge in [-0.2, -0.15) is 11.8 Å². The Labute approximate surface area is 81.1 Å². The first-order valence-electron chi connectivity index (χ1n) is 4.20. The van der Waals surface area contributed by atoms with Crippen molar-refractivity contribution >= 4 is 24.1 Å². The molecule has 0 aromatic carbocycles. The van der Waals surface area contributed by atoms with E-state index in [1.54, 1.807) is 11.8 Å². The molecule has 1 amide bonds. The minimum Gasteiger partial charge on any atom is -0.479 e. The molecule has 2 N–H and O–H groups in total. The highest BCUT2D eigenvalue weighted by molar-refractivity contribution is 8.00. The average Bonchev–Trinajstić information content (AvgIpc) is 2.09. The number of aliphatic carboxylic acids is 1. The zero-order chi connectivity index (χ0) is 9.90. The van der Waals surface area contributed by atoms with Crippen LogP contribution in [0.4, 0.5) is 0 Å². The summed E-state index contributed by atoms with van der Waals surface area (Å²) < 4.78 is 0. The first kappa shape index (κ1) is 10.4. The molecule has 13 heavy (non-hydrogen) atoms. The van der Waals surface area contributed by atoms with Gasteiger partial charge in [0.2, 0.25) is 6.41 Å². The highest BCUT2D eigenvalue weighted by Gasteiger charge is 2.45. The fourth-order valence-electron chi connectivity index (χ4n) is 1.59. The van der Waals surface area contributed by atoms with Gasteiger partial charge in [0.15, 0.2) is 0 Å². The molecule has 74 valence electrons. The Morgan fingerprint density at radius 2 is 2.46 bits per heavy atom. The molecule has 0 radical (unpaired) electrons. The molecule has 0 bridgehead atoms. The van der Waals surface area contributed by atoms with E-state index >= 15 is 0 Å². The van der Waals surface area contributed by atoms with E-state index < -0.39 is 11.5 Å². The Bertz CT molecular complexity index is 221. The predicted octanol–water partition coefficient (Wildman–Crippen LogP) is 0.471. The molecule has 1 heterocycles. The third-order valence-corrected chi connectivity index (χ3v) is 3.90. The number of carboxylic acid groups (broad SMARTS) is 1. The van der Waals surface area contributed by atoms with Crippen molar-refractivity contribution in [2.45, 2.75) is 30.6 Å². The standard InChI is InChI=1S/C8H13NO3S/c1-6-8(7(11)12,9-5-10)3-2-4-13-6/h5-6H,2-4H2,1H3,(H,9,10)(H,11,12). The quantitative estimate of drug-likeness (QED) is 0.654. The van der Waals surface area contributed by atoms with Crippen LogP contribution < -0.4 is 5.32 Å². The summed E-state index contributed by atoms with van der Waals surface area (Å²) >= 11 is 1.59. The van der Waals surface area contributed by atoms with Crippen LogP contribution in [0.3, 0.4) is 0 Å². The number of carboxylic acids is 1. The number of thioether (sulfide) groups is 1. The summed E-state index contributed by atoms with van der Waals surface area (Å²) in [4.78, 5) is 21.4. The fourth-order valence-corrected chi connectivity index (χ4v) is 2.83. The summed E-state index contributed by atoms with van der Waals surface area (Å²) in [6.07, 6.45) is 1.84. The monoisotopic (exact) mass is 203 g/mol. The van der Waals surface area contributed by atoms with Crippen LogP contribution in [0.15, 0.2) is 0 Å². The summed E-state index contributed by atoms with van der Waals surface area (Å²) in [7, 11) is 0. The second kappa shape index (κ2) is 4.00. The van der Waals surface area contributed by atoms with Gasteiger partial charge in [0.25, 0.3) is 0 Å². The van der Waals surface area contributed by atoms with Crippen molar-refractivity contribution in [1.29, 1.82) is 0 Å². The van der Waals surface area contributed by atoms with Crippen LogP contribution in [0.2, 0.25) is 0 Å². The van der Waals surface area contributed by atoms with E-state index in [-0.39, 0.29) is 5.25 Å². The number of carbonyl (C=O) groups excluding carboxylic acids is 1. The van der Waals surface area contributed by atoms with Gasteiger partial charge >= 0.3 is 5.97 Å². The van der Waals surface area contributed by atoms with Crippen LogP contribution in [0.5, 0.6) is 0 Å². The minimum absolute atomic E-state index is 0.0658. The third-order valence-electron chi connectivity index (χ3n) is 2.48. The molecule has 1 aliphatic heterocycles. The Kier molecular flexibility index (Phi) is 3.19. The van der Waals surface area contributed by atoms with Gasteiger partial charge in [-0.15, -0.1) is 0 Å². The van der Waals surface area contributed by atoms with Gasteiger partial charge in [0, 0.05) is 5.25 Å². The number of rotatable bonds is 3. The predicted molar refractivity (Wildman–Crippen MR) is 50.7 cm³/mol. The van der Waals surface area contributed by atoms with Crippen molar-refractivity contribution < 1.29 is 14.7 Å². The number of hydrogen-bond acceptors (Lipinski definition) is 3. The summed E-state index contributed by atoms with van der Waals surface area (Å²) in [6.45, 7) is 1.84. The average molecular weight is 203 g/mol. The van der Waals surface area contributed by atoms with E-state index in [2.05, 4.69) is 5.32 Å². The Balaban J connectivity index is 2.85. The van der Waals surface area contributed by atoms with Crippen LogP contribution in [0.1, 0.15) is 19.8 Å². The molecule has 1 fully saturated rings. The zero-order valence-electron chi connectivity index (χ0n) is 7.45. The second-order valence-corrected chi connectivity index (χ2v) is 4.60. The van der Waals surface area contributed by atoms with Gasteiger partial charge in [0.05, 0.1) is 0 Å². The van der Waals surface area contributed by atoms with Crippen molar-refractivity contribution in [2.24, 2.45) is 0 Å². The van der Waals surface area contributed by atoms with Crippen LogP contribution in [0, 0.1) is 0 Å². The SMILES string of the molecule is CC1SCCCC1(NC=O)C(=O)O.